The molecule has 0 atom stereocenters. The third kappa shape index (κ3) is 6.52. The summed E-state index contributed by atoms with van der Waals surface area (Å²) in [6, 6.07) is 25.0. The van der Waals surface area contributed by atoms with Gasteiger partial charge in [0.05, 0.1) is 11.7 Å². The number of carboxylic acid groups (broad SMARTS) is 1. The van der Waals surface area contributed by atoms with Gasteiger partial charge >= 0.3 is 5.97 Å². The van der Waals surface area contributed by atoms with Crippen molar-refractivity contribution in [2.75, 3.05) is 19.6 Å². The van der Waals surface area contributed by atoms with Gasteiger partial charge in [-0.1, -0.05) is 66.7 Å². The van der Waals surface area contributed by atoms with E-state index in [0.717, 1.165) is 51.4 Å². The maximum absolute atomic E-state index is 14.1. The predicted molar refractivity (Wildman–Crippen MR) is 132 cm³/mol. The molecule has 0 amide bonds. The summed E-state index contributed by atoms with van der Waals surface area (Å²) in [6.07, 6.45) is 4.67. The fourth-order valence-corrected chi connectivity index (χ4v) is 4.60. The fraction of sp³-hybridized carbons (Fsp3) is 0.345. The van der Waals surface area contributed by atoms with E-state index in [0.29, 0.717) is 12.0 Å². The molecule has 1 N–H and O–H groups in total. The number of carbonyl (C=O) groups is 1. The van der Waals surface area contributed by atoms with Crippen LogP contribution in [0.3, 0.4) is 0 Å². The van der Waals surface area contributed by atoms with E-state index in [-0.39, 0.29) is 17.8 Å². The van der Waals surface area contributed by atoms with E-state index in [1.54, 1.807) is 6.07 Å². The zero-order valence-electron chi connectivity index (χ0n) is 19.4. The molecule has 0 radical (unpaired) electrons. The number of ether oxygens (including phenoxy) is 1. The number of hydrogen-bond acceptors (Lipinski definition) is 3. The molecular formula is C29H32FNO3. The average molecular weight is 462 g/mol. The molecule has 0 aliphatic carbocycles. The van der Waals surface area contributed by atoms with Gasteiger partial charge in [0.25, 0.3) is 0 Å². The molecule has 3 aromatic carbocycles. The van der Waals surface area contributed by atoms with E-state index in [1.165, 1.54) is 17.2 Å². The Morgan fingerprint density at radius 2 is 1.56 bits per heavy atom. The fourth-order valence-electron chi connectivity index (χ4n) is 4.60. The Hall–Kier alpha value is -3.02. The standard InChI is InChI=1S/C29H32FNO3/c30-27-21-25(29(32)33)15-14-22(27)9-7-8-18-31-19-16-26(17-20-31)34-28(23-10-3-1-4-11-23)24-12-5-2-6-13-24/h1-6,10-15,21,26,28H,7-9,16-20H2,(H,32,33). The number of aromatic carboxylic acids is 1. The summed E-state index contributed by atoms with van der Waals surface area (Å²) in [4.78, 5) is 13.4. The second-order valence-corrected chi connectivity index (χ2v) is 8.95. The van der Waals surface area contributed by atoms with Crippen LogP contribution in [-0.4, -0.2) is 41.7 Å². The molecule has 1 fully saturated rings. The SMILES string of the molecule is O=C(O)c1ccc(CCCCN2CCC(OC(c3ccccc3)c3ccccc3)CC2)c(F)c1. The van der Waals surface area contributed by atoms with Crippen molar-refractivity contribution in [2.45, 2.75) is 44.3 Å². The monoisotopic (exact) mass is 461 g/mol. The van der Waals surface area contributed by atoms with Crippen LogP contribution >= 0.6 is 0 Å². The number of aryl methyl sites for hydroxylation is 1. The van der Waals surface area contributed by atoms with Crippen molar-refractivity contribution in [3.8, 4) is 0 Å². The Morgan fingerprint density at radius 3 is 2.12 bits per heavy atom. The highest BCUT2D eigenvalue weighted by Crippen LogP contribution is 2.30. The Morgan fingerprint density at radius 1 is 0.941 bits per heavy atom. The summed E-state index contributed by atoms with van der Waals surface area (Å²) < 4.78 is 20.7. The lowest BCUT2D eigenvalue weighted by molar-refractivity contribution is -0.0270. The summed E-state index contributed by atoms with van der Waals surface area (Å²) in [5.41, 5.74) is 2.94. The van der Waals surface area contributed by atoms with Gasteiger partial charge in [0.2, 0.25) is 0 Å². The molecule has 178 valence electrons. The van der Waals surface area contributed by atoms with Gasteiger partial charge in [0.1, 0.15) is 11.9 Å². The Labute approximate surface area is 201 Å². The van der Waals surface area contributed by atoms with Crippen LogP contribution in [0.15, 0.2) is 78.9 Å². The third-order valence-corrected chi connectivity index (χ3v) is 6.54. The highest BCUT2D eigenvalue weighted by atomic mass is 19.1. The molecule has 0 spiro atoms. The molecule has 1 aliphatic rings. The van der Waals surface area contributed by atoms with Crippen LogP contribution in [0.25, 0.3) is 0 Å². The number of unbranched alkanes of at least 4 members (excludes halogenated alkanes) is 1. The van der Waals surface area contributed by atoms with Crippen LogP contribution in [-0.2, 0) is 11.2 Å². The zero-order chi connectivity index (χ0) is 23.8. The third-order valence-electron chi connectivity index (χ3n) is 6.54. The number of likely N-dealkylation sites (tertiary alicyclic amines) is 1. The smallest absolute Gasteiger partial charge is 0.335 e. The van der Waals surface area contributed by atoms with Gasteiger partial charge in [-0.3, -0.25) is 0 Å². The average Bonchev–Trinajstić information content (AvgIpc) is 2.87. The first-order valence-electron chi connectivity index (χ1n) is 12.1. The molecule has 0 saturated carbocycles. The summed E-state index contributed by atoms with van der Waals surface area (Å²) in [7, 11) is 0. The highest BCUT2D eigenvalue weighted by Gasteiger charge is 2.24. The zero-order valence-corrected chi connectivity index (χ0v) is 19.4. The molecule has 4 nitrogen and oxygen atoms in total. The van der Waals surface area contributed by atoms with Crippen LogP contribution in [0, 0.1) is 5.82 Å². The molecule has 34 heavy (non-hydrogen) atoms. The summed E-state index contributed by atoms with van der Waals surface area (Å²) in [5.74, 6) is -1.53. The van der Waals surface area contributed by atoms with Crippen molar-refractivity contribution in [1.29, 1.82) is 0 Å². The molecule has 5 heteroatoms. The van der Waals surface area contributed by atoms with Crippen LogP contribution in [0.4, 0.5) is 4.39 Å². The first-order chi connectivity index (χ1) is 16.6. The maximum Gasteiger partial charge on any atom is 0.335 e. The van der Waals surface area contributed by atoms with E-state index in [9.17, 15) is 9.18 Å². The van der Waals surface area contributed by atoms with Crippen LogP contribution in [0.5, 0.6) is 0 Å². The van der Waals surface area contributed by atoms with Gasteiger partial charge in [0.15, 0.2) is 0 Å². The van der Waals surface area contributed by atoms with Crippen LogP contribution < -0.4 is 0 Å². The Balaban J connectivity index is 1.23. The number of benzene rings is 3. The second-order valence-electron chi connectivity index (χ2n) is 8.95. The molecule has 1 saturated heterocycles. The highest BCUT2D eigenvalue weighted by molar-refractivity contribution is 5.87. The molecule has 3 aromatic rings. The van der Waals surface area contributed by atoms with Crippen molar-refractivity contribution < 1.29 is 19.0 Å². The second kappa shape index (κ2) is 11.9. The van der Waals surface area contributed by atoms with Gasteiger partial charge < -0.3 is 14.7 Å². The van der Waals surface area contributed by atoms with E-state index in [1.807, 2.05) is 12.1 Å². The normalized spacial score (nSPS) is 15.0. The number of rotatable bonds is 10. The molecule has 1 aliphatic heterocycles. The topological polar surface area (TPSA) is 49.8 Å². The Bertz CT molecular complexity index is 1010. The van der Waals surface area contributed by atoms with Gasteiger partial charge in [0, 0.05) is 13.1 Å². The molecular weight excluding hydrogens is 429 g/mol. The number of halogens is 1. The summed E-state index contributed by atoms with van der Waals surface area (Å²) in [5, 5.41) is 8.96. The number of hydrogen-bond donors (Lipinski definition) is 1. The number of carboxylic acids is 1. The van der Waals surface area contributed by atoms with Gasteiger partial charge in [-0.05, 0) is 67.5 Å². The van der Waals surface area contributed by atoms with Crippen molar-refractivity contribution >= 4 is 5.97 Å². The van der Waals surface area contributed by atoms with Crippen LogP contribution in [0.2, 0.25) is 0 Å². The quantitative estimate of drug-likeness (QED) is 0.370. The van der Waals surface area contributed by atoms with E-state index in [2.05, 4.69) is 53.4 Å². The summed E-state index contributed by atoms with van der Waals surface area (Å²) >= 11 is 0. The van der Waals surface area contributed by atoms with Crippen molar-refractivity contribution in [3.63, 3.8) is 0 Å². The van der Waals surface area contributed by atoms with Gasteiger partial charge in [-0.25, -0.2) is 9.18 Å². The summed E-state index contributed by atoms with van der Waals surface area (Å²) in [6.45, 7) is 2.99. The predicted octanol–water partition coefficient (Wildman–Crippen LogP) is 6.12. The number of piperidine rings is 1. The lowest BCUT2D eigenvalue weighted by Gasteiger charge is -2.34. The van der Waals surface area contributed by atoms with E-state index < -0.39 is 11.8 Å². The molecule has 0 bridgehead atoms. The van der Waals surface area contributed by atoms with E-state index >= 15 is 0 Å². The van der Waals surface area contributed by atoms with Crippen molar-refractivity contribution in [1.82, 2.24) is 4.90 Å². The minimum Gasteiger partial charge on any atom is -0.478 e. The van der Waals surface area contributed by atoms with E-state index in [4.69, 9.17) is 9.84 Å². The minimum absolute atomic E-state index is 0.00638. The lowest BCUT2D eigenvalue weighted by Crippen LogP contribution is -2.38. The lowest BCUT2D eigenvalue weighted by atomic mass is 10.00. The molecule has 1 heterocycles. The minimum atomic E-state index is -1.10. The molecule has 0 unspecified atom stereocenters. The van der Waals surface area contributed by atoms with Crippen LogP contribution in [0.1, 0.15) is 58.8 Å². The Kier molecular flexibility index (Phi) is 8.45. The molecule has 4 rings (SSSR count). The van der Waals surface area contributed by atoms with Crippen molar-refractivity contribution in [3.05, 3.63) is 107 Å². The molecule has 0 aromatic heterocycles. The largest absolute Gasteiger partial charge is 0.478 e. The number of nitrogens with zero attached hydrogens (tertiary/aromatic N) is 1. The maximum atomic E-state index is 14.1. The first-order valence-corrected chi connectivity index (χ1v) is 12.1. The first kappa shape index (κ1) is 24.1. The van der Waals surface area contributed by atoms with Crippen molar-refractivity contribution in [2.24, 2.45) is 0 Å². The van der Waals surface area contributed by atoms with Gasteiger partial charge in [-0.15, -0.1) is 0 Å². The van der Waals surface area contributed by atoms with Gasteiger partial charge in [-0.2, -0.15) is 0 Å².